The lowest BCUT2D eigenvalue weighted by Gasteiger charge is -2.31. The molecule has 0 spiro atoms. The number of carbonyl (C=O) groups is 1. The van der Waals surface area contributed by atoms with Crippen LogP contribution in [-0.2, 0) is 6.54 Å². The maximum atomic E-state index is 13.2. The third kappa shape index (κ3) is 3.60. The van der Waals surface area contributed by atoms with Crippen molar-refractivity contribution in [1.82, 2.24) is 9.47 Å². The van der Waals surface area contributed by atoms with Gasteiger partial charge in [-0.3, -0.25) is 0 Å². The Bertz CT molecular complexity index is 1040. The molecule has 5 nitrogen and oxygen atoms in total. The highest BCUT2D eigenvalue weighted by atomic mass is 35.5. The molecule has 0 saturated heterocycles. The molecule has 1 unspecified atom stereocenters. The first-order chi connectivity index (χ1) is 13.7. The van der Waals surface area contributed by atoms with Crippen LogP contribution in [0.3, 0.4) is 0 Å². The molecule has 2 aromatic carbocycles. The van der Waals surface area contributed by atoms with E-state index >= 15 is 0 Å². The average molecular weight is 391 g/mol. The van der Waals surface area contributed by atoms with Gasteiger partial charge in [0.1, 0.15) is 0 Å². The summed E-state index contributed by atoms with van der Waals surface area (Å²) in [5.74, 6) is 0. The molecule has 0 bridgehead atoms. The molecule has 28 heavy (non-hydrogen) atoms. The van der Waals surface area contributed by atoms with Gasteiger partial charge in [-0.15, -0.1) is 0 Å². The highest BCUT2D eigenvalue weighted by Crippen LogP contribution is 2.33. The van der Waals surface area contributed by atoms with Crippen molar-refractivity contribution in [1.29, 1.82) is 5.26 Å². The summed E-state index contributed by atoms with van der Waals surface area (Å²) < 4.78 is 2.20. The molecule has 4 rings (SSSR count). The standard InChI is InChI=1S/C22H19ClN4O/c23-18-9-7-17(8-10-18)21-20-6-2-11-26(20)12-3-13-27(21)22(28)25-19-5-1-4-16(14-19)15-24/h1-2,4-11,14,21H,3,12-13H2,(H,25,28). The molecule has 0 aliphatic carbocycles. The second kappa shape index (κ2) is 7.79. The number of nitriles is 1. The van der Waals surface area contributed by atoms with Crippen molar-refractivity contribution in [2.45, 2.75) is 19.0 Å². The number of nitrogens with one attached hydrogen (secondary N) is 1. The molecule has 2 amide bonds. The molecule has 1 N–H and O–H groups in total. The summed E-state index contributed by atoms with van der Waals surface area (Å²) in [6, 6.07) is 20.3. The lowest BCUT2D eigenvalue weighted by atomic mass is 10.0. The van der Waals surface area contributed by atoms with Gasteiger partial charge in [0.15, 0.2) is 0 Å². The number of anilines is 1. The smallest absolute Gasteiger partial charge is 0.322 e. The van der Waals surface area contributed by atoms with Gasteiger partial charge >= 0.3 is 6.03 Å². The van der Waals surface area contributed by atoms with Crippen molar-refractivity contribution in [2.24, 2.45) is 0 Å². The fourth-order valence-corrected chi connectivity index (χ4v) is 3.78. The number of urea groups is 1. The van der Waals surface area contributed by atoms with Gasteiger partial charge in [0.05, 0.1) is 17.7 Å². The number of amides is 2. The highest BCUT2D eigenvalue weighted by Gasteiger charge is 2.30. The van der Waals surface area contributed by atoms with Crippen molar-refractivity contribution in [3.63, 3.8) is 0 Å². The van der Waals surface area contributed by atoms with Gasteiger partial charge in [-0.1, -0.05) is 29.8 Å². The minimum Gasteiger partial charge on any atom is -0.349 e. The number of nitrogens with zero attached hydrogens (tertiary/aromatic N) is 3. The average Bonchev–Trinajstić information content (AvgIpc) is 3.09. The fourth-order valence-electron chi connectivity index (χ4n) is 3.66. The van der Waals surface area contributed by atoms with Crippen molar-refractivity contribution in [3.8, 4) is 6.07 Å². The largest absolute Gasteiger partial charge is 0.349 e. The van der Waals surface area contributed by atoms with Gasteiger partial charge in [-0.05, 0) is 54.4 Å². The van der Waals surface area contributed by atoms with Gasteiger partial charge in [0, 0.05) is 35.7 Å². The van der Waals surface area contributed by atoms with Crippen LogP contribution in [-0.4, -0.2) is 22.0 Å². The summed E-state index contributed by atoms with van der Waals surface area (Å²) in [4.78, 5) is 15.0. The molecule has 0 fully saturated rings. The van der Waals surface area contributed by atoms with Gasteiger partial charge in [0.25, 0.3) is 0 Å². The topological polar surface area (TPSA) is 61.1 Å². The Morgan fingerprint density at radius 2 is 1.93 bits per heavy atom. The first-order valence-electron chi connectivity index (χ1n) is 9.14. The molecule has 6 heteroatoms. The third-order valence-corrected chi connectivity index (χ3v) is 5.20. The fraction of sp³-hybridized carbons (Fsp3) is 0.182. The van der Waals surface area contributed by atoms with Crippen LogP contribution in [0.5, 0.6) is 0 Å². The Kier molecular flexibility index (Phi) is 5.05. The molecule has 0 saturated carbocycles. The van der Waals surface area contributed by atoms with E-state index in [1.807, 2.05) is 35.2 Å². The summed E-state index contributed by atoms with van der Waals surface area (Å²) in [5.41, 5.74) is 3.20. The van der Waals surface area contributed by atoms with Crippen molar-refractivity contribution in [2.75, 3.05) is 11.9 Å². The SMILES string of the molecule is N#Cc1cccc(NC(=O)N2CCCn3cccc3C2c2ccc(Cl)cc2)c1. The van der Waals surface area contributed by atoms with E-state index in [0.717, 1.165) is 24.2 Å². The molecular formula is C22H19ClN4O. The van der Waals surface area contributed by atoms with Gasteiger partial charge in [-0.2, -0.15) is 5.26 Å². The molecule has 0 radical (unpaired) electrons. The van der Waals surface area contributed by atoms with Crippen LogP contribution in [0.2, 0.25) is 5.02 Å². The van der Waals surface area contributed by atoms with E-state index in [-0.39, 0.29) is 12.1 Å². The minimum atomic E-state index is -0.214. The van der Waals surface area contributed by atoms with Crippen LogP contribution >= 0.6 is 11.6 Å². The Hall–Kier alpha value is -3.23. The van der Waals surface area contributed by atoms with E-state index in [1.165, 1.54) is 0 Å². The van der Waals surface area contributed by atoms with Crippen LogP contribution in [0.4, 0.5) is 10.5 Å². The van der Waals surface area contributed by atoms with E-state index in [9.17, 15) is 4.79 Å². The molecule has 1 atom stereocenters. The third-order valence-electron chi connectivity index (χ3n) is 4.94. The lowest BCUT2D eigenvalue weighted by Crippen LogP contribution is -2.38. The number of fused-ring (bicyclic) bond motifs is 1. The number of rotatable bonds is 2. The maximum absolute atomic E-state index is 13.2. The lowest BCUT2D eigenvalue weighted by molar-refractivity contribution is 0.199. The highest BCUT2D eigenvalue weighted by molar-refractivity contribution is 6.30. The predicted octanol–water partition coefficient (Wildman–Crippen LogP) is 5.04. The van der Waals surface area contributed by atoms with E-state index in [4.69, 9.17) is 16.9 Å². The van der Waals surface area contributed by atoms with Gasteiger partial charge in [-0.25, -0.2) is 4.79 Å². The summed E-state index contributed by atoms with van der Waals surface area (Å²) in [7, 11) is 0. The molecule has 3 aromatic rings. The normalized spacial score (nSPS) is 16.0. The zero-order valence-electron chi connectivity index (χ0n) is 15.2. The summed E-state index contributed by atoms with van der Waals surface area (Å²) in [6.45, 7) is 1.48. The second-order valence-corrected chi connectivity index (χ2v) is 7.19. The first-order valence-corrected chi connectivity index (χ1v) is 9.52. The van der Waals surface area contributed by atoms with Crippen molar-refractivity contribution < 1.29 is 4.79 Å². The zero-order valence-corrected chi connectivity index (χ0v) is 15.9. The van der Waals surface area contributed by atoms with E-state index in [1.54, 1.807) is 24.3 Å². The molecule has 1 aliphatic rings. The second-order valence-electron chi connectivity index (χ2n) is 6.75. The maximum Gasteiger partial charge on any atom is 0.322 e. The molecule has 1 aliphatic heterocycles. The number of carbonyl (C=O) groups excluding carboxylic acids is 1. The molecule has 2 heterocycles. The quantitative estimate of drug-likeness (QED) is 0.666. The minimum absolute atomic E-state index is 0.190. The Morgan fingerprint density at radius 3 is 2.71 bits per heavy atom. The Labute approximate surface area is 168 Å². The van der Waals surface area contributed by atoms with E-state index in [0.29, 0.717) is 22.8 Å². The Balaban J connectivity index is 1.69. The molecular weight excluding hydrogens is 372 g/mol. The number of benzene rings is 2. The van der Waals surface area contributed by atoms with Crippen molar-refractivity contribution in [3.05, 3.63) is 88.7 Å². The monoisotopic (exact) mass is 390 g/mol. The number of aryl methyl sites for hydroxylation is 1. The van der Waals surface area contributed by atoms with E-state index in [2.05, 4.69) is 28.2 Å². The number of hydrogen-bond acceptors (Lipinski definition) is 2. The summed E-state index contributed by atoms with van der Waals surface area (Å²) in [5, 5.41) is 12.7. The number of halogens is 1. The summed E-state index contributed by atoms with van der Waals surface area (Å²) >= 11 is 6.07. The van der Waals surface area contributed by atoms with Crippen LogP contribution in [0.1, 0.15) is 29.3 Å². The summed E-state index contributed by atoms with van der Waals surface area (Å²) in [6.07, 6.45) is 2.91. The van der Waals surface area contributed by atoms with Gasteiger partial charge in [0.2, 0.25) is 0 Å². The zero-order chi connectivity index (χ0) is 19.5. The number of aromatic nitrogens is 1. The Morgan fingerprint density at radius 1 is 1.11 bits per heavy atom. The molecule has 140 valence electrons. The van der Waals surface area contributed by atoms with Crippen molar-refractivity contribution >= 4 is 23.3 Å². The first kappa shape index (κ1) is 18.1. The van der Waals surface area contributed by atoms with E-state index < -0.39 is 0 Å². The van der Waals surface area contributed by atoms with Crippen LogP contribution in [0, 0.1) is 11.3 Å². The number of hydrogen-bond donors (Lipinski definition) is 1. The van der Waals surface area contributed by atoms with Crippen LogP contribution in [0.25, 0.3) is 0 Å². The predicted molar refractivity (Wildman–Crippen MR) is 109 cm³/mol. The van der Waals surface area contributed by atoms with Gasteiger partial charge < -0.3 is 14.8 Å². The van der Waals surface area contributed by atoms with Crippen LogP contribution in [0.15, 0.2) is 66.9 Å². The van der Waals surface area contributed by atoms with Crippen LogP contribution < -0.4 is 5.32 Å². The molecule has 1 aromatic heterocycles.